The molecule has 1 atom stereocenters. The van der Waals surface area contributed by atoms with E-state index in [-0.39, 0.29) is 0 Å². The molecule has 0 aliphatic heterocycles. The molecule has 2 aromatic carbocycles. The second kappa shape index (κ2) is 4.44. The number of nitrogens with zero attached hydrogens (tertiary/aromatic N) is 1. The van der Waals surface area contributed by atoms with Crippen LogP contribution in [0.25, 0.3) is 21.8 Å². The lowest BCUT2D eigenvalue weighted by atomic mass is 10.2. The van der Waals surface area contributed by atoms with Gasteiger partial charge < -0.3 is 15.4 Å². The third-order valence-corrected chi connectivity index (χ3v) is 3.41. The van der Waals surface area contributed by atoms with Crippen LogP contribution >= 0.6 is 0 Å². The molecule has 92 valence electrons. The standard InChI is InChI=1S/C15H16N2O/c16-9-11(18)10-17-14-7-3-1-5-12(14)13-6-2-4-8-15(13)17/h1-8,11,18H,9-10,16H2/p+1/t11-/m1/s1. The van der Waals surface area contributed by atoms with Crippen molar-refractivity contribution in [3.8, 4) is 0 Å². The normalized spacial score (nSPS) is 13.2. The maximum absolute atomic E-state index is 9.87. The third-order valence-electron chi connectivity index (χ3n) is 3.41. The first-order chi connectivity index (χ1) is 8.81. The number of benzene rings is 2. The summed E-state index contributed by atoms with van der Waals surface area (Å²) in [4.78, 5) is 0. The van der Waals surface area contributed by atoms with Gasteiger partial charge in [0.1, 0.15) is 12.6 Å². The Hall–Kier alpha value is -1.84. The van der Waals surface area contributed by atoms with Crippen LogP contribution in [-0.4, -0.2) is 22.3 Å². The summed E-state index contributed by atoms with van der Waals surface area (Å²) < 4.78 is 2.18. The molecule has 0 unspecified atom stereocenters. The minimum atomic E-state index is -0.399. The van der Waals surface area contributed by atoms with Gasteiger partial charge in [-0.3, -0.25) is 0 Å². The SMILES string of the molecule is [NH3+]C[C@@H](O)Cn1c2ccccc2c2ccccc21. The van der Waals surface area contributed by atoms with Crippen LogP contribution in [0.15, 0.2) is 48.5 Å². The van der Waals surface area contributed by atoms with Crippen molar-refractivity contribution in [1.82, 2.24) is 4.57 Å². The largest absolute Gasteiger partial charge is 0.385 e. The number of fused-ring (bicyclic) bond motifs is 3. The molecule has 0 fully saturated rings. The summed E-state index contributed by atoms with van der Waals surface area (Å²) in [5.74, 6) is 0. The van der Waals surface area contributed by atoms with Crippen LogP contribution in [0.4, 0.5) is 0 Å². The van der Waals surface area contributed by atoms with E-state index in [0.29, 0.717) is 13.1 Å². The number of aliphatic hydroxyl groups excluding tert-OH is 1. The predicted octanol–water partition coefficient (Wildman–Crippen LogP) is 1.40. The molecule has 0 aliphatic carbocycles. The monoisotopic (exact) mass is 241 g/mol. The Kier molecular flexibility index (Phi) is 2.78. The molecule has 3 nitrogen and oxygen atoms in total. The van der Waals surface area contributed by atoms with Gasteiger partial charge in [0.2, 0.25) is 0 Å². The van der Waals surface area contributed by atoms with Crippen molar-refractivity contribution in [2.24, 2.45) is 0 Å². The number of hydrogen-bond donors (Lipinski definition) is 2. The molecule has 1 aromatic heterocycles. The zero-order chi connectivity index (χ0) is 12.5. The molecule has 0 aliphatic rings. The van der Waals surface area contributed by atoms with Gasteiger partial charge in [-0.05, 0) is 12.1 Å². The zero-order valence-electron chi connectivity index (χ0n) is 10.2. The third kappa shape index (κ3) is 1.68. The molecular weight excluding hydrogens is 224 g/mol. The van der Waals surface area contributed by atoms with E-state index in [2.05, 4.69) is 46.7 Å². The summed E-state index contributed by atoms with van der Waals surface area (Å²) >= 11 is 0. The molecule has 4 N–H and O–H groups in total. The van der Waals surface area contributed by atoms with Crippen molar-refractivity contribution in [3.63, 3.8) is 0 Å². The molecule has 3 heteroatoms. The van der Waals surface area contributed by atoms with Crippen molar-refractivity contribution >= 4 is 21.8 Å². The fraction of sp³-hybridized carbons (Fsp3) is 0.200. The van der Waals surface area contributed by atoms with Gasteiger partial charge in [0.15, 0.2) is 0 Å². The van der Waals surface area contributed by atoms with E-state index in [1.54, 1.807) is 0 Å². The molecule has 0 amide bonds. The molecule has 1 heterocycles. The molecule has 0 saturated carbocycles. The summed E-state index contributed by atoms with van der Waals surface area (Å²) in [7, 11) is 0. The molecule has 0 spiro atoms. The maximum atomic E-state index is 9.87. The van der Waals surface area contributed by atoms with Gasteiger partial charge in [-0.15, -0.1) is 0 Å². The van der Waals surface area contributed by atoms with Crippen LogP contribution in [0.5, 0.6) is 0 Å². The fourth-order valence-electron chi connectivity index (χ4n) is 2.50. The highest BCUT2D eigenvalue weighted by Crippen LogP contribution is 2.28. The average Bonchev–Trinajstić information content (AvgIpc) is 2.74. The van der Waals surface area contributed by atoms with Gasteiger partial charge >= 0.3 is 0 Å². The van der Waals surface area contributed by atoms with Crippen molar-refractivity contribution in [3.05, 3.63) is 48.5 Å². The van der Waals surface area contributed by atoms with Gasteiger partial charge in [-0.1, -0.05) is 36.4 Å². The molecule has 3 aromatic rings. The molecular formula is C15H17N2O+. The summed E-state index contributed by atoms with van der Waals surface area (Å²) in [6, 6.07) is 16.6. The van der Waals surface area contributed by atoms with Crippen molar-refractivity contribution in [1.29, 1.82) is 0 Å². The zero-order valence-corrected chi connectivity index (χ0v) is 10.2. The number of aliphatic hydroxyl groups is 1. The van der Waals surface area contributed by atoms with Gasteiger partial charge in [0.25, 0.3) is 0 Å². The average molecular weight is 241 g/mol. The lowest BCUT2D eigenvalue weighted by Crippen LogP contribution is -2.56. The van der Waals surface area contributed by atoms with Gasteiger partial charge in [-0.25, -0.2) is 0 Å². The summed E-state index contributed by atoms with van der Waals surface area (Å²) in [5, 5.41) is 12.3. The Bertz CT molecular complexity index is 634. The minimum absolute atomic E-state index is 0.399. The fourth-order valence-corrected chi connectivity index (χ4v) is 2.50. The molecule has 0 saturated heterocycles. The minimum Gasteiger partial charge on any atom is -0.385 e. The Morgan fingerprint density at radius 1 is 0.944 bits per heavy atom. The van der Waals surface area contributed by atoms with E-state index in [1.165, 1.54) is 21.8 Å². The number of rotatable bonds is 3. The number of quaternary nitrogens is 1. The summed E-state index contributed by atoms with van der Waals surface area (Å²) in [5.41, 5.74) is 6.11. The van der Waals surface area contributed by atoms with Crippen LogP contribution in [0, 0.1) is 0 Å². The van der Waals surface area contributed by atoms with Gasteiger partial charge in [-0.2, -0.15) is 0 Å². The molecule has 18 heavy (non-hydrogen) atoms. The highest BCUT2D eigenvalue weighted by molar-refractivity contribution is 6.07. The number of para-hydroxylation sites is 2. The number of hydrogen-bond acceptors (Lipinski definition) is 1. The van der Waals surface area contributed by atoms with E-state index in [0.717, 1.165) is 0 Å². The van der Waals surface area contributed by atoms with Gasteiger partial charge in [0, 0.05) is 21.8 Å². The van der Waals surface area contributed by atoms with Crippen LogP contribution in [0.2, 0.25) is 0 Å². The smallest absolute Gasteiger partial charge is 0.120 e. The first-order valence-electron chi connectivity index (χ1n) is 6.24. The first-order valence-corrected chi connectivity index (χ1v) is 6.24. The summed E-state index contributed by atoms with van der Waals surface area (Å²) in [6.45, 7) is 1.12. The summed E-state index contributed by atoms with van der Waals surface area (Å²) in [6.07, 6.45) is -0.399. The highest BCUT2D eigenvalue weighted by atomic mass is 16.3. The van der Waals surface area contributed by atoms with E-state index < -0.39 is 6.10 Å². The van der Waals surface area contributed by atoms with Crippen LogP contribution in [-0.2, 0) is 6.54 Å². The van der Waals surface area contributed by atoms with Gasteiger partial charge in [0.05, 0.1) is 6.54 Å². The van der Waals surface area contributed by atoms with Crippen LogP contribution in [0.1, 0.15) is 0 Å². The molecule has 3 rings (SSSR count). The van der Waals surface area contributed by atoms with E-state index in [1.807, 2.05) is 12.1 Å². The van der Waals surface area contributed by atoms with Crippen molar-refractivity contribution < 1.29 is 10.8 Å². The quantitative estimate of drug-likeness (QED) is 0.715. The lowest BCUT2D eigenvalue weighted by Gasteiger charge is -2.10. The Morgan fingerprint density at radius 3 is 1.94 bits per heavy atom. The predicted molar refractivity (Wildman–Crippen MR) is 73.2 cm³/mol. The van der Waals surface area contributed by atoms with E-state index in [4.69, 9.17) is 0 Å². The molecule has 0 radical (unpaired) electrons. The second-order valence-electron chi connectivity index (χ2n) is 4.59. The molecule has 0 bridgehead atoms. The van der Waals surface area contributed by atoms with Crippen LogP contribution < -0.4 is 5.73 Å². The Labute approximate surface area is 105 Å². The highest BCUT2D eigenvalue weighted by Gasteiger charge is 2.12. The Morgan fingerprint density at radius 2 is 1.44 bits per heavy atom. The second-order valence-corrected chi connectivity index (χ2v) is 4.59. The maximum Gasteiger partial charge on any atom is 0.120 e. The van der Waals surface area contributed by atoms with Crippen molar-refractivity contribution in [2.45, 2.75) is 12.6 Å². The van der Waals surface area contributed by atoms with E-state index >= 15 is 0 Å². The number of aromatic nitrogens is 1. The van der Waals surface area contributed by atoms with E-state index in [9.17, 15) is 5.11 Å². The topological polar surface area (TPSA) is 52.8 Å². The van der Waals surface area contributed by atoms with Crippen LogP contribution in [0.3, 0.4) is 0 Å². The first kappa shape index (κ1) is 11.3. The lowest BCUT2D eigenvalue weighted by molar-refractivity contribution is -0.384. The Balaban J connectivity index is 2.31. The van der Waals surface area contributed by atoms with Crippen molar-refractivity contribution in [2.75, 3.05) is 6.54 Å².